The van der Waals surface area contributed by atoms with Crippen molar-refractivity contribution in [3.05, 3.63) is 76.4 Å². The highest BCUT2D eigenvalue weighted by Gasteiger charge is 2.42. The van der Waals surface area contributed by atoms with E-state index in [9.17, 15) is 13.6 Å². The maximum Gasteiger partial charge on any atom is 0.226 e. The third-order valence-corrected chi connectivity index (χ3v) is 9.10. The van der Waals surface area contributed by atoms with Crippen LogP contribution in [0.4, 0.5) is 8.78 Å². The van der Waals surface area contributed by atoms with Crippen molar-refractivity contribution in [3.8, 4) is 5.69 Å². The van der Waals surface area contributed by atoms with E-state index in [2.05, 4.69) is 53.0 Å². The maximum atomic E-state index is 14.7. The van der Waals surface area contributed by atoms with Gasteiger partial charge in [0.15, 0.2) is 0 Å². The molecule has 1 saturated carbocycles. The number of aryl methyl sites for hydroxylation is 2. The molecular formula is C29H34F2IN5O. The molecule has 3 aromatic rings. The van der Waals surface area contributed by atoms with Crippen molar-refractivity contribution < 1.29 is 13.6 Å². The minimum atomic E-state index is -0.599. The van der Waals surface area contributed by atoms with E-state index >= 15 is 0 Å². The molecule has 0 spiro atoms. The molecule has 1 aliphatic carbocycles. The second kappa shape index (κ2) is 11.4. The van der Waals surface area contributed by atoms with Crippen molar-refractivity contribution in [2.45, 2.75) is 61.8 Å². The number of likely N-dealkylation sites (tertiary alicyclic amines) is 1. The summed E-state index contributed by atoms with van der Waals surface area (Å²) < 4.78 is 31.2. The first-order chi connectivity index (χ1) is 18.3. The summed E-state index contributed by atoms with van der Waals surface area (Å²) in [5.74, 6) is 0.188. The lowest BCUT2D eigenvalue weighted by Crippen LogP contribution is -2.42. The maximum absolute atomic E-state index is 14.7. The van der Waals surface area contributed by atoms with E-state index in [4.69, 9.17) is 10.1 Å². The molecule has 5 rings (SSSR count). The molecule has 1 aromatic heterocycles. The number of nitrogens with one attached hydrogen (secondary N) is 1. The molecule has 1 saturated heterocycles. The molecule has 0 unspecified atom stereocenters. The number of hydrogen-bond donors (Lipinski definition) is 1. The molecule has 202 valence electrons. The fourth-order valence-corrected chi connectivity index (χ4v) is 6.99. The zero-order valence-corrected chi connectivity index (χ0v) is 24.2. The monoisotopic (exact) mass is 633 g/mol. The van der Waals surface area contributed by atoms with Gasteiger partial charge in [-0.05, 0) is 87.4 Å². The van der Waals surface area contributed by atoms with Gasteiger partial charge in [0, 0.05) is 41.5 Å². The smallest absolute Gasteiger partial charge is 0.226 e. The van der Waals surface area contributed by atoms with Crippen LogP contribution in [-0.4, -0.2) is 51.8 Å². The molecule has 2 aromatic carbocycles. The summed E-state index contributed by atoms with van der Waals surface area (Å²) in [5, 5.41) is 7.96. The molecule has 38 heavy (non-hydrogen) atoms. The average molecular weight is 634 g/mol. The lowest BCUT2D eigenvalue weighted by atomic mass is 9.86. The number of carbonyl (C=O) groups is 1. The van der Waals surface area contributed by atoms with Crippen LogP contribution in [0.25, 0.3) is 5.69 Å². The van der Waals surface area contributed by atoms with E-state index in [1.165, 1.54) is 23.3 Å². The molecule has 3 atom stereocenters. The Labute approximate surface area is 236 Å². The SMILES string of the molecule is CN[C@@H]1C[C@@H](C(=O)N2CCC(c3nc(C)nn3-c3ccc(CI)c(C)c3)CC2)[C@H](c2ccc(F)cc2F)C1. The topological polar surface area (TPSA) is 63.1 Å². The van der Waals surface area contributed by atoms with Gasteiger partial charge in [0.05, 0.1) is 5.69 Å². The molecule has 0 radical (unpaired) electrons. The van der Waals surface area contributed by atoms with E-state index in [0.717, 1.165) is 40.7 Å². The Bertz CT molecular complexity index is 1320. The third kappa shape index (κ3) is 5.36. The van der Waals surface area contributed by atoms with Crippen LogP contribution in [0.3, 0.4) is 0 Å². The van der Waals surface area contributed by atoms with Crippen LogP contribution in [0.2, 0.25) is 0 Å². The van der Waals surface area contributed by atoms with E-state index in [1.54, 1.807) is 0 Å². The lowest BCUT2D eigenvalue weighted by molar-refractivity contribution is -0.137. The first kappa shape index (κ1) is 27.2. The number of alkyl halides is 1. The number of hydrogen-bond acceptors (Lipinski definition) is 4. The van der Waals surface area contributed by atoms with Crippen molar-refractivity contribution in [2.75, 3.05) is 20.1 Å². The standard InChI is InChI=1S/C29H34F2IN5O/c1-17-12-23(6-4-20(17)16-32)37-28(34-18(2)35-37)19-8-10-36(11-9-19)29(38)26-15-22(33-3)14-25(26)24-7-5-21(30)13-27(24)31/h4-7,12-13,19,22,25-26,33H,8-11,14-16H2,1-3H3/t22-,25-,26+/m0/s1. The lowest BCUT2D eigenvalue weighted by Gasteiger charge is -2.34. The fourth-order valence-electron chi connectivity index (χ4n) is 6.13. The van der Waals surface area contributed by atoms with Gasteiger partial charge >= 0.3 is 0 Å². The molecule has 2 aliphatic rings. The summed E-state index contributed by atoms with van der Waals surface area (Å²) in [6.45, 7) is 5.29. The normalized spacial score (nSPS) is 22.3. The van der Waals surface area contributed by atoms with Crippen molar-refractivity contribution >= 4 is 28.5 Å². The summed E-state index contributed by atoms with van der Waals surface area (Å²) in [6.07, 6.45) is 2.90. The van der Waals surface area contributed by atoms with Crippen LogP contribution in [0.15, 0.2) is 36.4 Å². The second-order valence-corrected chi connectivity index (χ2v) is 11.4. The van der Waals surface area contributed by atoms with Crippen molar-refractivity contribution in [1.82, 2.24) is 25.0 Å². The van der Waals surface area contributed by atoms with Gasteiger partial charge in [0.25, 0.3) is 0 Å². The highest BCUT2D eigenvalue weighted by molar-refractivity contribution is 14.1. The Balaban J connectivity index is 1.31. The van der Waals surface area contributed by atoms with Crippen LogP contribution in [0, 0.1) is 31.4 Å². The van der Waals surface area contributed by atoms with Crippen molar-refractivity contribution in [1.29, 1.82) is 0 Å². The average Bonchev–Trinajstić information content (AvgIpc) is 3.52. The molecule has 1 amide bonds. The predicted octanol–water partition coefficient (Wildman–Crippen LogP) is 5.59. The highest BCUT2D eigenvalue weighted by atomic mass is 127. The van der Waals surface area contributed by atoms with E-state index in [1.807, 2.05) is 23.6 Å². The Morgan fingerprint density at radius 3 is 2.53 bits per heavy atom. The first-order valence-corrected chi connectivity index (χ1v) is 14.8. The number of aromatic nitrogens is 3. The van der Waals surface area contributed by atoms with Crippen LogP contribution in [-0.2, 0) is 9.22 Å². The zero-order valence-electron chi connectivity index (χ0n) is 22.1. The fraction of sp³-hybridized carbons (Fsp3) is 0.483. The van der Waals surface area contributed by atoms with Crippen LogP contribution in [0.5, 0.6) is 0 Å². The number of piperidine rings is 1. The second-order valence-electron chi connectivity index (χ2n) is 10.6. The number of nitrogens with zero attached hydrogens (tertiary/aromatic N) is 4. The van der Waals surface area contributed by atoms with Crippen molar-refractivity contribution in [3.63, 3.8) is 0 Å². The third-order valence-electron chi connectivity index (χ3n) is 8.27. The molecule has 0 bridgehead atoms. The number of benzene rings is 2. The number of amides is 1. The van der Waals surface area contributed by atoms with Crippen molar-refractivity contribution in [2.24, 2.45) is 5.92 Å². The summed E-state index contributed by atoms with van der Waals surface area (Å²) in [7, 11) is 1.87. The van der Waals surface area contributed by atoms with Gasteiger partial charge in [0.1, 0.15) is 23.3 Å². The minimum Gasteiger partial charge on any atom is -0.342 e. The largest absolute Gasteiger partial charge is 0.342 e. The first-order valence-electron chi connectivity index (χ1n) is 13.3. The Hall–Kier alpha value is -2.40. The minimum absolute atomic E-state index is 0.0672. The Morgan fingerprint density at radius 2 is 1.87 bits per heavy atom. The molecular weight excluding hydrogens is 599 g/mol. The Morgan fingerprint density at radius 1 is 1.11 bits per heavy atom. The molecule has 9 heteroatoms. The summed E-state index contributed by atoms with van der Waals surface area (Å²) >= 11 is 2.38. The van der Waals surface area contributed by atoms with Gasteiger partial charge in [-0.3, -0.25) is 4.79 Å². The van der Waals surface area contributed by atoms with E-state index < -0.39 is 11.6 Å². The van der Waals surface area contributed by atoms with Gasteiger partial charge in [-0.2, -0.15) is 5.10 Å². The molecule has 1 N–H and O–H groups in total. The quantitative estimate of drug-likeness (QED) is 0.284. The zero-order chi connectivity index (χ0) is 27.0. The van der Waals surface area contributed by atoms with Gasteiger partial charge in [-0.1, -0.05) is 34.7 Å². The van der Waals surface area contributed by atoms with Crippen LogP contribution < -0.4 is 5.32 Å². The van der Waals surface area contributed by atoms with E-state index in [0.29, 0.717) is 31.5 Å². The molecule has 2 heterocycles. The van der Waals surface area contributed by atoms with Gasteiger partial charge in [-0.15, -0.1) is 0 Å². The summed E-state index contributed by atoms with van der Waals surface area (Å²) in [6, 6.07) is 10.3. The molecule has 1 aliphatic heterocycles. The summed E-state index contributed by atoms with van der Waals surface area (Å²) in [4.78, 5) is 20.4. The summed E-state index contributed by atoms with van der Waals surface area (Å²) in [5.41, 5.74) is 3.99. The molecule has 2 fully saturated rings. The van der Waals surface area contributed by atoms with Gasteiger partial charge in [-0.25, -0.2) is 18.4 Å². The predicted molar refractivity (Wildman–Crippen MR) is 152 cm³/mol. The van der Waals surface area contributed by atoms with Gasteiger partial charge in [0.2, 0.25) is 5.91 Å². The van der Waals surface area contributed by atoms with Gasteiger partial charge < -0.3 is 10.2 Å². The van der Waals surface area contributed by atoms with E-state index in [-0.39, 0.29) is 29.7 Å². The Kier molecular flexibility index (Phi) is 8.14. The highest BCUT2D eigenvalue weighted by Crippen LogP contribution is 2.42. The number of rotatable bonds is 6. The number of halogens is 3. The van der Waals surface area contributed by atoms with Crippen LogP contribution in [0.1, 0.15) is 65.9 Å². The number of carbonyl (C=O) groups excluding carboxylic acids is 1. The molecule has 6 nitrogen and oxygen atoms in total. The van der Waals surface area contributed by atoms with Crippen LogP contribution >= 0.6 is 22.6 Å².